The quantitative estimate of drug-likeness (QED) is 0.761. The zero-order valence-corrected chi connectivity index (χ0v) is 11.3. The van der Waals surface area contributed by atoms with Gasteiger partial charge < -0.3 is 5.11 Å². The first-order valence-corrected chi connectivity index (χ1v) is 7.22. The topological polar surface area (TPSA) is 52.9 Å². The lowest BCUT2D eigenvalue weighted by atomic mass is 9.72. The molecule has 0 heterocycles. The number of carbonyl (C=O) groups is 1. The van der Waals surface area contributed by atoms with E-state index in [-0.39, 0.29) is 0 Å². The van der Waals surface area contributed by atoms with Gasteiger partial charge in [0.1, 0.15) is 0 Å². The molecule has 0 aromatic heterocycles. The number of nitrogens with zero attached hydrogens (tertiary/aromatic N) is 2. The second-order valence-electron chi connectivity index (χ2n) is 5.65. The molecule has 2 rings (SSSR count). The maximum atomic E-state index is 10.9. The maximum Gasteiger partial charge on any atom is 0.427 e. The molecule has 0 spiro atoms. The van der Waals surface area contributed by atoms with Crippen LogP contribution in [-0.4, -0.2) is 29.0 Å². The molecule has 4 nitrogen and oxygen atoms in total. The summed E-state index contributed by atoms with van der Waals surface area (Å²) in [6, 6.07) is 0. The Morgan fingerprint density at radius 2 is 1.83 bits per heavy atom. The van der Waals surface area contributed by atoms with E-state index in [1.165, 1.54) is 52.0 Å². The molecule has 102 valence electrons. The molecule has 0 aromatic carbocycles. The summed E-state index contributed by atoms with van der Waals surface area (Å²) in [5.74, 6) is 1.29. The third-order valence-corrected chi connectivity index (χ3v) is 4.40. The van der Waals surface area contributed by atoms with Crippen LogP contribution < -0.4 is 0 Å². The summed E-state index contributed by atoms with van der Waals surface area (Å²) in [6.45, 7) is 0. The Morgan fingerprint density at radius 1 is 1.17 bits per heavy atom. The summed E-state index contributed by atoms with van der Waals surface area (Å²) in [5, 5.41) is 14.4. The summed E-state index contributed by atoms with van der Waals surface area (Å²) < 4.78 is 0. The van der Waals surface area contributed by atoms with Gasteiger partial charge in [0.2, 0.25) is 0 Å². The lowest BCUT2D eigenvalue weighted by molar-refractivity contribution is 0.156. The average Bonchev–Trinajstić information content (AvgIpc) is 2.40. The van der Waals surface area contributed by atoms with Crippen molar-refractivity contribution >= 4 is 11.8 Å². The van der Waals surface area contributed by atoms with Crippen LogP contribution in [0.4, 0.5) is 4.79 Å². The fourth-order valence-corrected chi connectivity index (χ4v) is 3.43. The van der Waals surface area contributed by atoms with Crippen molar-refractivity contribution in [3.63, 3.8) is 0 Å². The van der Waals surface area contributed by atoms with Crippen LogP contribution in [0.1, 0.15) is 57.8 Å². The Balaban J connectivity index is 2.07. The highest BCUT2D eigenvalue weighted by atomic mass is 16.4. The minimum Gasteiger partial charge on any atom is -0.464 e. The molecule has 0 aliphatic heterocycles. The van der Waals surface area contributed by atoms with Crippen LogP contribution in [0.5, 0.6) is 0 Å². The lowest BCUT2D eigenvalue weighted by Crippen LogP contribution is -2.31. The predicted molar refractivity (Wildman–Crippen MR) is 71.8 cm³/mol. The first kappa shape index (κ1) is 13.4. The average molecular weight is 252 g/mol. The van der Waals surface area contributed by atoms with Crippen molar-refractivity contribution in [2.75, 3.05) is 7.05 Å². The van der Waals surface area contributed by atoms with Gasteiger partial charge in [0.05, 0.1) is 0 Å². The van der Waals surface area contributed by atoms with Gasteiger partial charge in [-0.2, -0.15) is 5.10 Å². The Labute approximate surface area is 109 Å². The van der Waals surface area contributed by atoms with Crippen LogP contribution in [0.2, 0.25) is 0 Å². The van der Waals surface area contributed by atoms with E-state index in [0.717, 1.165) is 29.5 Å². The van der Waals surface area contributed by atoms with E-state index in [1.54, 1.807) is 0 Å². The van der Waals surface area contributed by atoms with Crippen LogP contribution in [0, 0.1) is 11.8 Å². The van der Waals surface area contributed by atoms with E-state index in [4.69, 9.17) is 5.11 Å². The van der Waals surface area contributed by atoms with Crippen LogP contribution in [-0.2, 0) is 0 Å². The van der Waals surface area contributed by atoms with E-state index < -0.39 is 6.09 Å². The second-order valence-corrected chi connectivity index (χ2v) is 5.65. The summed E-state index contributed by atoms with van der Waals surface area (Å²) >= 11 is 0. The molecule has 0 bridgehead atoms. The number of hydrogen-bond acceptors (Lipinski definition) is 2. The zero-order chi connectivity index (χ0) is 13.0. The maximum absolute atomic E-state index is 10.9. The molecule has 1 atom stereocenters. The monoisotopic (exact) mass is 252 g/mol. The highest BCUT2D eigenvalue weighted by Gasteiger charge is 2.30. The van der Waals surface area contributed by atoms with Gasteiger partial charge >= 0.3 is 6.09 Å². The predicted octanol–water partition coefficient (Wildman–Crippen LogP) is 3.72. The molecule has 2 fully saturated rings. The number of amides is 1. The van der Waals surface area contributed by atoms with E-state index >= 15 is 0 Å². The van der Waals surface area contributed by atoms with Gasteiger partial charge in [-0.15, -0.1) is 0 Å². The molecular weight excluding hydrogens is 228 g/mol. The van der Waals surface area contributed by atoms with Gasteiger partial charge in [0.25, 0.3) is 0 Å². The largest absolute Gasteiger partial charge is 0.464 e. The summed E-state index contributed by atoms with van der Waals surface area (Å²) in [7, 11) is 1.53. The van der Waals surface area contributed by atoms with Crippen molar-refractivity contribution < 1.29 is 9.90 Å². The Hall–Kier alpha value is -1.06. The smallest absolute Gasteiger partial charge is 0.427 e. The SMILES string of the molecule is CN(N=C1CCCCC1C1CCCCC1)C(=O)O. The van der Waals surface area contributed by atoms with Crippen molar-refractivity contribution in [3.05, 3.63) is 0 Å². The third-order valence-electron chi connectivity index (χ3n) is 4.40. The number of hydrogen-bond donors (Lipinski definition) is 1. The van der Waals surface area contributed by atoms with Gasteiger partial charge in [0, 0.05) is 18.7 Å². The van der Waals surface area contributed by atoms with Crippen molar-refractivity contribution in [2.45, 2.75) is 57.8 Å². The molecule has 1 unspecified atom stereocenters. The number of carboxylic acid groups (broad SMARTS) is 1. The standard InChI is InChI=1S/C14H24N2O2/c1-16(14(17)18)15-13-10-6-5-9-12(13)11-7-3-2-4-8-11/h11-12H,2-10H2,1H3,(H,17,18). The van der Waals surface area contributed by atoms with E-state index in [1.807, 2.05) is 0 Å². The fraction of sp³-hybridized carbons (Fsp3) is 0.857. The molecule has 2 saturated carbocycles. The van der Waals surface area contributed by atoms with Crippen molar-refractivity contribution in [2.24, 2.45) is 16.9 Å². The van der Waals surface area contributed by atoms with Crippen LogP contribution >= 0.6 is 0 Å². The normalized spacial score (nSPS) is 28.3. The summed E-state index contributed by atoms with van der Waals surface area (Å²) in [6.07, 6.45) is 10.3. The first-order chi connectivity index (χ1) is 8.68. The first-order valence-electron chi connectivity index (χ1n) is 7.22. The van der Waals surface area contributed by atoms with Crippen molar-refractivity contribution in [3.8, 4) is 0 Å². The highest BCUT2D eigenvalue weighted by Crippen LogP contribution is 2.37. The molecule has 0 saturated heterocycles. The van der Waals surface area contributed by atoms with Gasteiger partial charge in [0.15, 0.2) is 0 Å². The van der Waals surface area contributed by atoms with Crippen LogP contribution in [0.3, 0.4) is 0 Å². The van der Waals surface area contributed by atoms with E-state index in [2.05, 4.69) is 5.10 Å². The Bertz CT molecular complexity index is 322. The molecule has 18 heavy (non-hydrogen) atoms. The molecule has 0 radical (unpaired) electrons. The molecule has 2 aliphatic carbocycles. The van der Waals surface area contributed by atoms with Gasteiger partial charge in [-0.1, -0.05) is 25.7 Å². The van der Waals surface area contributed by atoms with Crippen molar-refractivity contribution in [1.29, 1.82) is 0 Å². The Morgan fingerprint density at radius 3 is 2.50 bits per heavy atom. The van der Waals surface area contributed by atoms with Gasteiger partial charge in [-0.05, 0) is 38.0 Å². The fourth-order valence-electron chi connectivity index (χ4n) is 3.43. The number of hydrazone groups is 1. The minimum atomic E-state index is -0.963. The lowest BCUT2D eigenvalue weighted by Gasteiger charge is -2.34. The van der Waals surface area contributed by atoms with Gasteiger partial charge in [-0.3, -0.25) is 0 Å². The minimum absolute atomic E-state index is 0.542. The summed E-state index contributed by atoms with van der Waals surface area (Å²) in [5.41, 5.74) is 1.14. The van der Waals surface area contributed by atoms with E-state index in [0.29, 0.717) is 5.92 Å². The highest BCUT2D eigenvalue weighted by molar-refractivity contribution is 5.88. The van der Waals surface area contributed by atoms with Crippen LogP contribution in [0.15, 0.2) is 5.10 Å². The summed E-state index contributed by atoms with van der Waals surface area (Å²) in [4.78, 5) is 10.9. The third kappa shape index (κ3) is 3.24. The van der Waals surface area contributed by atoms with Crippen LogP contribution in [0.25, 0.3) is 0 Å². The molecule has 1 N–H and O–H groups in total. The van der Waals surface area contributed by atoms with Crippen molar-refractivity contribution in [1.82, 2.24) is 5.01 Å². The van der Waals surface area contributed by atoms with E-state index in [9.17, 15) is 4.79 Å². The molecule has 1 amide bonds. The molecular formula is C14H24N2O2. The number of rotatable bonds is 2. The zero-order valence-electron chi connectivity index (χ0n) is 11.3. The Kier molecular flexibility index (Phi) is 4.61. The molecule has 2 aliphatic rings. The second kappa shape index (κ2) is 6.21. The molecule has 4 heteroatoms. The van der Waals surface area contributed by atoms with Gasteiger partial charge in [-0.25, -0.2) is 9.80 Å². The molecule has 0 aromatic rings.